The number of carbonyl (C=O) groups is 2. The third kappa shape index (κ3) is 3.40. The van der Waals surface area contributed by atoms with Crippen molar-refractivity contribution in [2.75, 3.05) is 12.4 Å². The van der Waals surface area contributed by atoms with Gasteiger partial charge in [-0.3, -0.25) is 9.59 Å². The maximum atomic E-state index is 12.9. The average molecular weight is 376 g/mol. The van der Waals surface area contributed by atoms with E-state index in [1.165, 1.54) is 11.6 Å². The minimum Gasteiger partial charge on any atom is -0.496 e. The van der Waals surface area contributed by atoms with E-state index in [2.05, 4.69) is 18.0 Å². The second-order valence-corrected chi connectivity index (χ2v) is 7.41. The molecule has 5 nitrogen and oxygen atoms in total. The van der Waals surface area contributed by atoms with Crippen LogP contribution in [0.2, 0.25) is 0 Å². The number of anilines is 1. The van der Waals surface area contributed by atoms with Gasteiger partial charge in [0.2, 0.25) is 11.8 Å². The highest BCUT2D eigenvalue weighted by Crippen LogP contribution is 2.33. The predicted molar refractivity (Wildman–Crippen MR) is 108 cm³/mol. The molecule has 0 saturated heterocycles. The van der Waals surface area contributed by atoms with Gasteiger partial charge in [0.25, 0.3) is 0 Å². The van der Waals surface area contributed by atoms with Gasteiger partial charge in [-0.2, -0.15) is 0 Å². The molecule has 1 N–H and O–H groups in total. The molecule has 2 amide bonds. The van der Waals surface area contributed by atoms with Gasteiger partial charge in [-0.1, -0.05) is 24.8 Å². The van der Waals surface area contributed by atoms with Crippen LogP contribution in [-0.2, 0) is 35.5 Å². The monoisotopic (exact) mass is 376 g/mol. The van der Waals surface area contributed by atoms with Crippen LogP contribution in [0.1, 0.15) is 28.7 Å². The van der Waals surface area contributed by atoms with Gasteiger partial charge in [0, 0.05) is 24.7 Å². The van der Waals surface area contributed by atoms with Crippen molar-refractivity contribution in [3.05, 3.63) is 71.3 Å². The Labute approximate surface area is 165 Å². The molecule has 2 aromatic rings. The molecule has 4 rings (SSSR count). The van der Waals surface area contributed by atoms with E-state index in [0.29, 0.717) is 19.5 Å². The Hall–Kier alpha value is -3.08. The zero-order chi connectivity index (χ0) is 19.7. The lowest BCUT2D eigenvalue weighted by atomic mass is 9.83. The molecule has 0 spiro atoms. The summed E-state index contributed by atoms with van der Waals surface area (Å²) in [7, 11) is 1.67. The summed E-state index contributed by atoms with van der Waals surface area (Å²) in [5.74, 6) is 0.750. The number of aryl methyl sites for hydroxylation is 1. The van der Waals surface area contributed by atoms with Gasteiger partial charge in [0.1, 0.15) is 5.75 Å². The van der Waals surface area contributed by atoms with Crippen LogP contribution in [0.15, 0.2) is 49.1 Å². The van der Waals surface area contributed by atoms with Gasteiger partial charge in [-0.25, -0.2) is 0 Å². The lowest BCUT2D eigenvalue weighted by molar-refractivity contribution is -0.126. The van der Waals surface area contributed by atoms with E-state index >= 15 is 0 Å². The van der Waals surface area contributed by atoms with Crippen molar-refractivity contribution in [1.29, 1.82) is 0 Å². The molecule has 0 bridgehead atoms. The van der Waals surface area contributed by atoms with E-state index in [1.807, 2.05) is 30.3 Å². The van der Waals surface area contributed by atoms with Gasteiger partial charge in [-0.15, -0.1) is 0 Å². The molecule has 1 aliphatic heterocycles. The molecule has 28 heavy (non-hydrogen) atoms. The van der Waals surface area contributed by atoms with Crippen LogP contribution in [0.25, 0.3) is 0 Å². The number of hydrogen-bond donors (Lipinski definition) is 1. The van der Waals surface area contributed by atoms with Gasteiger partial charge >= 0.3 is 0 Å². The standard InChI is InChI=1S/C23H24N2O3/c1-3-22(26)25-13-17-9-10-19(11-18(17)14-25)24-23(27)16-8-7-15-5-4-6-21(28-2)20(15)12-16/h3-6,9-11,16H,1,7-8,12-14H2,2H3,(H,24,27). The number of nitrogens with zero attached hydrogens (tertiary/aromatic N) is 1. The van der Waals surface area contributed by atoms with E-state index in [-0.39, 0.29) is 17.7 Å². The highest BCUT2D eigenvalue weighted by Gasteiger charge is 2.27. The molecule has 2 aromatic carbocycles. The van der Waals surface area contributed by atoms with Crippen molar-refractivity contribution >= 4 is 17.5 Å². The van der Waals surface area contributed by atoms with Gasteiger partial charge in [0.05, 0.1) is 7.11 Å². The molecule has 0 aromatic heterocycles. The van der Waals surface area contributed by atoms with Crippen molar-refractivity contribution in [3.63, 3.8) is 0 Å². The van der Waals surface area contributed by atoms with Crippen LogP contribution < -0.4 is 10.1 Å². The zero-order valence-electron chi connectivity index (χ0n) is 16.0. The Kier molecular flexibility index (Phi) is 4.90. The summed E-state index contributed by atoms with van der Waals surface area (Å²) >= 11 is 0. The predicted octanol–water partition coefficient (Wildman–Crippen LogP) is 3.47. The molecule has 2 aliphatic rings. The molecule has 144 valence electrons. The first-order valence-electron chi connectivity index (χ1n) is 9.58. The average Bonchev–Trinajstić information content (AvgIpc) is 3.15. The number of carbonyl (C=O) groups excluding carboxylic acids is 2. The van der Waals surface area contributed by atoms with Crippen LogP contribution >= 0.6 is 0 Å². The summed E-state index contributed by atoms with van der Waals surface area (Å²) in [5.41, 5.74) is 5.38. The van der Waals surface area contributed by atoms with Crippen molar-refractivity contribution in [3.8, 4) is 5.75 Å². The summed E-state index contributed by atoms with van der Waals surface area (Å²) in [6.07, 6.45) is 3.74. The Morgan fingerprint density at radius 3 is 2.79 bits per heavy atom. The molecular formula is C23H24N2O3. The molecule has 0 radical (unpaired) electrons. The van der Waals surface area contributed by atoms with E-state index in [0.717, 1.165) is 41.0 Å². The summed E-state index contributed by atoms with van der Waals surface area (Å²) in [6.45, 7) is 4.69. The maximum absolute atomic E-state index is 12.9. The van der Waals surface area contributed by atoms with Crippen molar-refractivity contribution in [2.24, 2.45) is 5.92 Å². The number of fused-ring (bicyclic) bond motifs is 2. The van der Waals surface area contributed by atoms with Crippen molar-refractivity contribution in [1.82, 2.24) is 4.90 Å². The summed E-state index contributed by atoms with van der Waals surface area (Å²) < 4.78 is 5.48. The lowest BCUT2D eigenvalue weighted by Gasteiger charge is -2.25. The van der Waals surface area contributed by atoms with Crippen molar-refractivity contribution < 1.29 is 14.3 Å². The topological polar surface area (TPSA) is 58.6 Å². The molecule has 1 aliphatic carbocycles. The second kappa shape index (κ2) is 7.50. The summed E-state index contributed by atoms with van der Waals surface area (Å²) in [5, 5.41) is 3.06. The normalized spacial score (nSPS) is 17.5. The second-order valence-electron chi connectivity index (χ2n) is 7.41. The number of ether oxygens (including phenoxy) is 1. The fourth-order valence-electron chi connectivity index (χ4n) is 4.17. The fourth-order valence-corrected chi connectivity index (χ4v) is 4.17. The molecule has 0 fully saturated rings. The molecule has 1 atom stereocenters. The number of amides is 2. The maximum Gasteiger partial charge on any atom is 0.246 e. The molecule has 1 heterocycles. The third-order valence-corrected chi connectivity index (χ3v) is 5.72. The van der Waals surface area contributed by atoms with Crippen molar-refractivity contribution in [2.45, 2.75) is 32.4 Å². The summed E-state index contributed by atoms with van der Waals surface area (Å²) in [4.78, 5) is 26.4. The van der Waals surface area contributed by atoms with Crippen LogP contribution in [-0.4, -0.2) is 23.8 Å². The minimum atomic E-state index is -0.0732. The third-order valence-electron chi connectivity index (χ3n) is 5.72. The van der Waals surface area contributed by atoms with Gasteiger partial charge in [0.15, 0.2) is 0 Å². The largest absolute Gasteiger partial charge is 0.496 e. The molecule has 0 saturated carbocycles. The Morgan fingerprint density at radius 1 is 1.18 bits per heavy atom. The first-order chi connectivity index (χ1) is 13.6. The number of methoxy groups -OCH3 is 1. The number of hydrogen-bond acceptors (Lipinski definition) is 3. The highest BCUT2D eigenvalue weighted by atomic mass is 16.5. The fraction of sp³-hybridized carbons (Fsp3) is 0.304. The van der Waals surface area contributed by atoms with E-state index < -0.39 is 0 Å². The SMILES string of the molecule is C=CC(=O)N1Cc2ccc(NC(=O)C3CCc4cccc(OC)c4C3)cc2C1. The summed E-state index contributed by atoms with van der Waals surface area (Å²) in [6, 6.07) is 11.9. The lowest BCUT2D eigenvalue weighted by Crippen LogP contribution is -2.28. The number of nitrogens with one attached hydrogen (secondary N) is 1. The quantitative estimate of drug-likeness (QED) is 0.832. The van der Waals surface area contributed by atoms with E-state index in [9.17, 15) is 9.59 Å². The number of rotatable bonds is 4. The molecular weight excluding hydrogens is 352 g/mol. The zero-order valence-corrected chi connectivity index (χ0v) is 16.0. The van der Waals surface area contributed by atoms with Crippen LogP contribution in [0.5, 0.6) is 5.75 Å². The van der Waals surface area contributed by atoms with E-state index in [1.54, 1.807) is 12.0 Å². The first kappa shape index (κ1) is 18.3. The Balaban J connectivity index is 1.45. The molecule has 5 heteroatoms. The first-order valence-corrected chi connectivity index (χ1v) is 9.58. The van der Waals surface area contributed by atoms with E-state index in [4.69, 9.17) is 4.74 Å². The van der Waals surface area contributed by atoms with Crippen LogP contribution in [0.4, 0.5) is 5.69 Å². The molecule has 1 unspecified atom stereocenters. The van der Waals surface area contributed by atoms with Crippen LogP contribution in [0.3, 0.4) is 0 Å². The minimum absolute atomic E-state index is 0.0357. The van der Waals surface area contributed by atoms with Gasteiger partial charge in [-0.05, 0) is 65.8 Å². The Morgan fingerprint density at radius 2 is 2.00 bits per heavy atom. The number of benzene rings is 2. The smallest absolute Gasteiger partial charge is 0.246 e. The Bertz CT molecular complexity index is 937. The van der Waals surface area contributed by atoms with Crippen LogP contribution in [0, 0.1) is 5.92 Å². The highest BCUT2D eigenvalue weighted by molar-refractivity contribution is 5.93. The van der Waals surface area contributed by atoms with Gasteiger partial charge < -0.3 is 15.0 Å².